The number of nitro benzene ring substituents is 1. The third kappa shape index (κ3) is 5.65. The molecule has 0 spiro atoms. The van der Waals surface area contributed by atoms with Gasteiger partial charge in [0.2, 0.25) is 0 Å². The molecule has 30 heavy (non-hydrogen) atoms. The van der Waals surface area contributed by atoms with E-state index in [2.05, 4.69) is 10.3 Å². The van der Waals surface area contributed by atoms with E-state index >= 15 is 0 Å². The fourth-order valence-electron chi connectivity index (χ4n) is 2.52. The van der Waals surface area contributed by atoms with E-state index in [0.717, 1.165) is 11.6 Å². The molecular formula is C20H16ClN3O6. The van der Waals surface area contributed by atoms with Gasteiger partial charge in [-0.25, -0.2) is 4.98 Å². The number of benzene rings is 2. The molecule has 0 aliphatic heterocycles. The molecule has 0 unspecified atom stereocenters. The van der Waals surface area contributed by atoms with Crippen LogP contribution in [0.5, 0.6) is 0 Å². The summed E-state index contributed by atoms with van der Waals surface area (Å²) >= 11 is 5.72. The topological polar surface area (TPSA) is 125 Å². The first-order valence-electron chi connectivity index (χ1n) is 8.82. The van der Waals surface area contributed by atoms with Crippen molar-refractivity contribution in [2.75, 3.05) is 11.9 Å². The van der Waals surface area contributed by atoms with Gasteiger partial charge < -0.3 is 14.5 Å². The Hall–Kier alpha value is -3.72. The Balaban J connectivity index is 1.45. The number of carbonyl (C=O) groups is 2. The minimum Gasteiger partial charge on any atom is -0.456 e. The highest BCUT2D eigenvalue weighted by Gasteiger charge is 2.15. The molecule has 0 aliphatic rings. The summed E-state index contributed by atoms with van der Waals surface area (Å²) in [7, 11) is 0. The number of aryl methyl sites for hydroxylation is 1. The van der Waals surface area contributed by atoms with Gasteiger partial charge in [-0.2, -0.15) is 0 Å². The standard InChI is InChI=1S/C20H16ClN3O6/c21-15-7-6-14(10-16(15)24(27)28)23-18(25)12-29-20(26)9-8-19-22-11-17(30-19)13-4-2-1-3-5-13/h1-7,10-11H,8-9,12H2,(H,23,25). The third-order valence-corrected chi connectivity index (χ3v) is 4.27. The zero-order valence-electron chi connectivity index (χ0n) is 15.5. The number of halogens is 1. The van der Waals surface area contributed by atoms with Crippen LogP contribution in [-0.4, -0.2) is 28.4 Å². The third-order valence-electron chi connectivity index (χ3n) is 3.95. The van der Waals surface area contributed by atoms with Crippen molar-refractivity contribution in [3.05, 3.63) is 75.8 Å². The van der Waals surface area contributed by atoms with Gasteiger partial charge in [-0.3, -0.25) is 19.7 Å². The van der Waals surface area contributed by atoms with Gasteiger partial charge >= 0.3 is 5.97 Å². The monoisotopic (exact) mass is 429 g/mol. The molecule has 0 radical (unpaired) electrons. The normalized spacial score (nSPS) is 10.4. The number of ether oxygens (including phenoxy) is 1. The van der Waals surface area contributed by atoms with Crippen molar-refractivity contribution in [3.8, 4) is 11.3 Å². The lowest BCUT2D eigenvalue weighted by atomic mass is 10.2. The van der Waals surface area contributed by atoms with Crippen molar-refractivity contribution < 1.29 is 23.7 Å². The second kappa shape index (κ2) is 9.66. The summed E-state index contributed by atoms with van der Waals surface area (Å²) in [5, 5.41) is 13.2. The van der Waals surface area contributed by atoms with Crippen LogP contribution in [0.2, 0.25) is 5.02 Å². The molecule has 3 rings (SSSR count). The summed E-state index contributed by atoms with van der Waals surface area (Å²) in [6.07, 6.45) is 1.78. The van der Waals surface area contributed by atoms with E-state index in [1.807, 2.05) is 30.3 Å². The molecule has 9 nitrogen and oxygen atoms in total. The number of rotatable bonds is 8. The fourth-order valence-corrected chi connectivity index (χ4v) is 2.70. The maximum atomic E-state index is 11.9. The van der Waals surface area contributed by atoms with Crippen LogP contribution in [0.3, 0.4) is 0 Å². The first-order chi connectivity index (χ1) is 14.4. The highest BCUT2D eigenvalue weighted by atomic mass is 35.5. The smallest absolute Gasteiger partial charge is 0.306 e. The highest BCUT2D eigenvalue weighted by molar-refractivity contribution is 6.32. The zero-order chi connectivity index (χ0) is 21.5. The number of anilines is 1. The van der Waals surface area contributed by atoms with Crippen LogP contribution in [0.25, 0.3) is 11.3 Å². The number of hydrogen-bond donors (Lipinski definition) is 1. The molecule has 2 aromatic carbocycles. The van der Waals surface area contributed by atoms with Crippen molar-refractivity contribution >= 4 is 34.9 Å². The number of amides is 1. The van der Waals surface area contributed by atoms with Gasteiger partial charge in [-0.1, -0.05) is 41.9 Å². The molecule has 1 aromatic heterocycles. The number of hydrogen-bond acceptors (Lipinski definition) is 7. The Morgan fingerprint density at radius 3 is 2.70 bits per heavy atom. The van der Waals surface area contributed by atoms with E-state index in [-0.39, 0.29) is 29.2 Å². The molecule has 0 aliphatic carbocycles. The van der Waals surface area contributed by atoms with Crippen LogP contribution in [0.15, 0.2) is 59.1 Å². The summed E-state index contributed by atoms with van der Waals surface area (Å²) in [6, 6.07) is 13.2. The quantitative estimate of drug-likeness (QED) is 0.325. The van der Waals surface area contributed by atoms with E-state index in [1.165, 1.54) is 12.1 Å². The summed E-state index contributed by atoms with van der Waals surface area (Å²) < 4.78 is 10.5. The van der Waals surface area contributed by atoms with Crippen molar-refractivity contribution in [1.29, 1.82) is 0 Å². The van der Waals surface area contributed by atoms with Gasteiger partial charge in [-0.05, 0) is 12.1 Å². The number of nitrogens with one attached hydrogen (secondary N) is 1. The van der Waals surface area contributed by atoms with Crippen molar-refractivity contribution in [3.63, 3.8) is 0 Å². The summed E-state index contributed by atoms with van der Waals surface area (Å²) in [5.41, 5.74) is 0.700. The van der Waals surface area contributed by atoms with E-state index in [4.69, 9.17) is 20.8 Å². The van der Waals surface area contributed by atoms with E-state index < -0.39 is 23.4 Å². The van der Waals surface area contributed by atoms with Crippen LogP contribution < -0.4 is 5.32 Å². The summed E-state index contributed by atoms with van der Waals surface area (Å²) in [4.78, 5) is 38.1. The van der Waals surface area contributed by atoms with Crippen molar-refractivity contribution in [2.45, 2.75) is 12.8 Å². The van der Waals surface area contributed by atoms with Gasteiger partial charge in [0.1, 0.15) is 5.02 Å². The number of oxazole rings is 1. The van der Waals surface area contributed by atoms with Crippen LogP contribution in [0, 0.1) is 10.1 Å². The lowest BCUT2D eigenvalue weighted by Crippen LogP contribution is -2.21. The van der Waals surface area contributed by atoms with Gasteiger partial charge in [0.15, 0.2) is 18.3 Å². The molecule has 0 fully saturated rings. The van der Waals surface area contributed by atoms with Crippen LogP contribution >= 0.6 is 11.6 Å². The second-order valence-corrected chi connectivity index (χ2v) is 6.52. The minimum absolute atomic E-state index is 0.0194. The van der Waals surface area contributed by atoms with E-state index in [9.17, 15) is 19.7 Å². The molecule has 154 valence electrons. The molecule has 10 heteroatoms. The van der Waals surface area contributed by atoms with E-state index in [0.29, 0.717) is 11.7 Å². The Morgan fingerprint density at radius 1 is 1.20 bits per heavy atom. The first kappa shape index (κ1) is 21.0. The summed E-state index contributed by atoms with van der Waals surface area (Å²) in [6.45, 7) is -0.532. The minimum atomic E-state index is -0.663. The maximum absolute atomic E-state index is 11.9. The van der Waals surface area contributed by atoms with Crippen molar-refractivity contribution in [2.24, 2.45) is 0 Å². The lowest BCUT2D eigenvalue weighted by molar-refractivity contribution is -0.384. The molecule has 0 atom stereocenters. The van der Waals surface area contributed by atoms with Crippen LogP contribution in [-0.2, 0) is 20.7 Å². The molecular weight excluding hydrogens is 414 g/mol. The fraction of sp³-hybridized carbons (Fsp3) is 0.150. The van der Waals surface area contributed by atoms with Gasteiger partial charge in [0.05, 0.1) is 17.5 Å². The number of aromatic nitrogens is 1. The molecule has 1 N–H and O–H groups in total. The number of esters is 1. The number of carbonyl (C=O) groups excluding carboxylic acids is 2. The van der Waals surface area contributed by atoms with E-state index in [1.54, 1.807) is 6.20 Å². The molecule has 0 saturated heterocycles. The molecule has 0 bridgehead atoms. The van der Waals surface area contributed by atoms with Crippen LogP contribution in [0.1, 0.15) is 12.3 Å². The lowest BCUT2D eigenvalue weighted by Gasteiger charge is -2.06. The Morgan fingerprint density at radius 2 is 1.97 bits per heavy atom. The summed E-state index contributed by atoms with van der Waals surface area (Å²) in [5.74, 6) is -0.270. The maximum Gasteiger partial charge on any atom is 0.306 e. The Labute approximate surface area is 175 Å². The second-order valence-electron chi connectivity index (χ2n) is 6.12. The zero-order valence-corrected chi connectivity index (χ0v) is 16.3. The Bertz CT molecular complexity index is 1070. The SMILES string of the molecule is O=C(COC(=O)CCc1ncc(-c2ccccc2)o1)Nc1ccc(Cl)c([N+](=O)[O-])c1. The molecule has 0 saturated carbocycles. The molecule has 1 heterocycles. The molecule has 3 aromatic rings. The van der Waals surface area contributed by atoms with Crippen LogP contribution in [0.4, 0.5) is 11.4 Å². The molecule has 1 amide bonds. The van der Waals surface area contributed by atoms with Crippen molar-refractivity contribution in [1.82, 2.24) is 4.98 Å². The number of nitro groups is 1. The predicted molar refractivity (Wildman–Crippen MR) is 108 cm³/mol. The average Bonchev–Trinajstić information content (AvgIpc) is 3.22. The largest absolute Gasteiger partial charge is 0.456 e. The van der Waals surface area contributed by atoms with Gasteiger partial charge in [-0.15, -0.1) is 0 Å². The highest BCUT2D eigenvalue weighted by Crippen LogP contribution is 2.27. The number of nitrogens with zero attached hydrogens (tertiary/aromatic N) is 2. The Kier molecular flexibility index (Phi) is 6.76. The average molecular weight is 430 g/mol. The van der Waals surface area contributed by atoms with Gasteiger partial charge in [0.25, 0.3) is 11.6 Å². The first-order valence-corrected chi connectivity index (χ1v) is 9.19. The van der Waals surface area contributed by atoms with Gasteiger partial charge in [0, 0.05) is 23.7 Å². The predicted octanol–water partition coefficient (Wildman–Crippen LogP) is 4.02.